The fourth-order valence-corrected chi connectivity index (χ4v) is 4.56. The third-order valence-electron chi connectivity index (χ3n) is 4.80. The number of carbonyl (C=O) groups is 1. The summed E-state index contributed by atoms with van der Waals surface area (Å²) in [4.78, 5) is 11.6. The number of benzene rings is 2. The van der Waals surface area contributed by atoms with Crippen LogP contribution in [0.4, 0.5) is 0 Å². The van der Waals surface area contributed by atoms with Gasteiger partial charge in [-0.25, -0.2) is 13.2 Å². The zero-order valence-electron chi connectivity index (χ0n) is 15.8. The lowest BCUT2D eigenvalue weighted by molar-refractivity contribution is 0.0696. The maximum absolute atomic E-state index is 13.0. The Morgan fingerprint density at radius 3 is 2.50 bits per heavy atom. The van der Waals surface area contributed by atoms with E-state index in [9.17, 15) is 18.3 Å². The number of methoxy groups -OCH3 is 1. The molecule has 0 saturated carbocycles. The van der Waals surface area contributed by atoms with Crippen LogP contribution in [0.3, 0.4) is 0 Å². The Morgan fingerprint density at radius 2 is 1.86 bits per heavy atom. The topological polar surface area (TPSA) is 93.1 Å². The number of sulfonamides is 1. The predicted octanol–water partition coefficient (Wildman–Crippen LogP) is 2.78. The number of carboxylic acids is 1. The molecule has 0 spiro atoms. The average molecular weight is 405 g/mol. The lowest BCUT2D eigenvalue weighted by atomic mass is 9.99. The Morgan fingerprint density at radius 1 is 1.14 bits per heavy atom. The first-order chi connectivity index (χ1) is 13.3. The lowest BCUT2D eigenvalue weighted by Gasteiger charge is -2.26. The SMILES string of the molecule is COC(C)c1cccc(-c2cc(C(=O)O)cc(S(=O)(=O)N3CCOCC3)c2)c1. The number of rotatable bonds is 6. The van der Waals surface area contributed by atoms with Crippen LogP contribution in [0.1, 0.15) is 28.9 Å². The number of ether oxygens (including phenoxy) is 2. The molecule has 1 unspecified atom stereocenters. The minimum atomic E-state index is -3.81. The summed E-state index contributed by atoms with van der Waals surface area (Å²) in [6.45, 7) is 3.04. The van der Waals surface area contributed by atoms with Crippen LogP contribution in [0.15, 0.2) is 47.4 Å². The Kier molecular flexibility index (Phi) is 6.14. The molecule has 1 fully saturated rings. The highest BCUT2D eigenvalue weighted by Gasteiger charge is 2.27. The van der Waals surface area contributed by atoms with Crippen molar-refractivity contribution in [3.8, 4) is 11.1 Å². The number of hydrogen-bond donors (Lipinski definition) is 1. The van der Waals surface area contributed by atoms with Crippen molar-refractivity contribution < 1.29 is 27.8 Å². The maximum Gasteiger partial charge on any atom is 0.335 e. The smallest absolute Gasteiger partial charge is 0.335 e. The van der Waals surface area contributed by atoms with Gasteiger partial charge in [0.1, 0.15) is 0 Å². The molecule has 0 radical (unpaired) electrons. The van der Waals surface area contributed by atoms with E-state index in [2.05, 4.69) is 0 Å². The van der Waals surface area contributed by atoms with Gasteiger partial charge >= 0.3 is 5.97 Å². The molecule has 1 N–H and O–H groups in total. The first kappa shape index (κ1) is 20.5. The minimum absolute atomic E-state index is 0.0329. The summed E-state index contributed by atoms with van der Waals surface area (Å²) in [5.41, 5.74) is 2.09. The molecule has 1 saturated heterocycles. The van der Waals surface area contributed by atoms with Crippen molar-refractivity contribution in [2.24, 2.45) is 0 Å². The fraction of sp³-hybridized carbons (Fsp3) is 0.350. The maximum atomic E-state index is 13.0. The first-order valence-corrected chi connectivity index (χ1v) is 10.4. The second-order valence-electron chi connectivity index (χ2n) is 6.57. The van der Waals surface area contributed by atoms with Crippen LogP contribution >= 0.6 is 0 Å². The molecule has 0 bridgehead atoms. The molecule has 150 valence electrons. The van der Waals surface area contributed by atoms with E-state index in [0.29, 0.717) is 18.8 Å². The highest BCUT2D eigenvalue weighted by Crippen LogP contribution is 2.29. The van der Waals surface area contributed by atoms with E-state index < -0.39 is 16.0 Å². The summed E-state index contributed by atoms with van der Waals surface area (Å²) in [5, 5.41) is 9.49. The molecule has 0 aromatic heterocycles. The van der Waals surface area contributed by atoms with Crippen LogP contribution in [-0.2, 0) is 19.5 Å². The highest BCUT2D eigenvalue weighted by molar-refractivity contribution is 7.89. The van der Waals surface area contributed by atoms with Gasteiger partial charge in [0.05, 0.1) is 29.8 Å². The van der Waals surface area contributed by atoms with Crippen LogP contribution < -0.4 is 0 Å². The molecule has 28 heavy (non-hydrogen) atoms. The van der Waals surface area contributed by atoms with Gasteiger partial charge in [0, 0.05) is 20.2 Å². The fourth-order valence-electron chi connectivity index (χ4n) is 3.08. The molecule has 3 rings (SSSR count). The highest BCUT2D eigenvalue weighted by atomic mass is 32.2. The largest absolute Gasteiger partial charge is 0.478 e. The molecule has 0 aliphatic carbocycles. The second kappa shape index (κ2) is 8.40. The van der Waals surface area contributed by atoms with E-state index in [0.717, 1.165) is 11.1 Å². The molecule has 1 aliphatic rings. The molecule has 2 aromatic rings. The van der Waals surface area contributed by atoms with Crippen molar-refractivity contribution in [2.75, 3.05) is 33.4 Å². The van der Waals surface area contributed by atoms with Crippen molar-refractivity contribution in [2.45, 2.75) is 17.9 Å². The van der Waals surface area contributed by atoms with E-state index in [4.69, 9.17) is 9.47 Å². The summed E-state index contributed by atoms with van der Waals surface area (Å²) in [6.07, 6.45) is -0.140. The van der Waals surface area contributed by atoms with Gasteiger partial charge in [-0.05, 0) is 47.9 Å². The van der Waals surface area contributed by atoms with Gasteiger partial charge in [-0.2, -0.15) is 4.31 Å². The molecular formula is C20H23NO6S. The van der Waals surface area contributed by atoms with E-state index in [-0.39, 0.29) is 29.7 Å². The summed E-state index contributed by atoms with van der Waals surface area (Å²) in [5.74, 6) is -1.18. The average Bonchev–Trinajstić information content (AvgIpc) is 2.73. The summed E-state index contributed by atoms with van der Waals surface area (Å²) in [6, 6.07) is 11.6. The molecule has 8 heteroatoms. The van der Waals surface area contributed by atoms with E-state index >= 15 is 0 Å². The van der Waals surface area contributed by atoms with Crippen LogP contribution in [-0.4, -0.2) is 57.2 Å². The van der Waals surface area contributed by atoms with Crippen LogP contribution in [0.2, 0.25) is 0 Å². The first-order valence-electron chi connectivity index (χ1n) is 8.92. The number of morpholine rings is 1. The number of carboxylic acid groups (broad SMARTS) is 1. The number of aromatic carboxylic acids is 1. The van der Waals surface area contributed by atoms with Gasteiger partial charge < -0.3 is 14.6 Å². The molecular weight excluding hydrogens is 382 g/mol. The monoisotopic (exact) mass is 405 g/mol. The zero-order valence-corrected chi connectivity index (χ0v) is 16.6. The lowest BCUT2D eigenvalue weighted by Crippen LogP contribution is -2.40. The summed E-state index contributed by atoms with van der Waals surface area (Å²) >= 11 is 0. The van der Waals surface area contributed by atoms with Crippen molar-refractivity contribution in [1.82, 2.24) is 4.31 Å². The van der Waals surface area contributed by atoms with E-state index in [1.165, 1.54) is 22.5 Å². The van der Waals surface area contributed by atoms with Crippen LogP contribution in [0.5, 0.6) is 0 Å². The predicted molar refractivity (Wildman–Crippen MR) is 104 cm³/mol. The third kappa shape index (κ3) is 4.25. The molecule has 1 aliphatic heterocycles. The van der Waals surface area contributed by atoms with Gasteiger partial charge in [-0.1, -0.05) is 18.2 Å². The van der Waals surface area contributed by atoms with Gasteiger partial charge in [0.2, 0.25) is 10.0 Å². The Labute approximate surface area is 164 Å². The Balaban J connectivity index is 2.09. The number of hydrogen-bond acceptors (Lipinski definition) is 5. The number of nitrogens with zero attached hydrogens (tertiary/aromatic N) is 1. The Hall–Kier alpha value is -2.26. The molecule has 2 aromatic carbocycles. The van der Waals surface area contributed by atoms with Crippen LogP contribution in [0, 0.1) is 0 Å². The van der Waals surface area contributed by atoms with E-state index in [1.807, 2.05) is 31.2 Å². The van der Waals surface area contributed by atoms with Crippen molar-refractivity contribution in [3.63, 3.8) is 0 Å². The summed E-state index contributed by atoms with van der Waals surface area (Å²) in [7, 11) is -2.21. The van der Waals surface area contributed by atoms with E-state index in [1.54, 1.807) is 7.11 Å². The van der Waals surface area contributed by atoms with Crippen molar-refractivity contribution >= 4 is 16.0 Å². The zero-order chi connectivity index (χ0) is 20.3. The molecule has 7 nitrogen and oxygen atoms in total. The Bertz CT molecular complexity index is 966. The summed E-state index contributed by atoms with van der Waals surface area (Å²) < 4.78 is 37.9. The third-order valence-corrected chi connectivity index (χ3v) is 6.68. The molecule has 1 heterocycles. The molecule has 0 amide bonds. The van der Waals surface area contributed by atoms with Crippen molar-refractivity contribution in [3.05, 3.63) is 53.6 Å². The van der Waals surface area contributed by atoms with Gasteiger partial charge in [0.15, 0.2) is 0 Å². The molecule has 1 atom stereocenters. The standard InChI is InChI=1S/C20H23NO6S/c1-14(26-2)15-4-3-5-16(10-15)17-11-18(20(22)23)13-19(12-17)28(24,25)21-6-8-27-9-7-21/h3-5,10-14H,6-9H2,1-2H3,(H,22,23). The van der Waals surface area contributed by atoms with Gasteiger partial charge in [-0.3, -0.25) is 0 Å². The second-order valence-corrected chi connectivity index (χ2v) is 8.51. The van der Waals surface area contributed by atoms with Gasteiger partial charge in [0.25, 0.3) is 0 Å². The van der Waals surface area contributed by atoms with Crippen LogP contribution in [0.25, 0.3) is 11.1 Å². The normalized spacial score (nSPS) is 16.6. The minimum Gasteiger partial charge on any atom is -0.478 e. The quantitative estimate of drug-likeness (QED) is 0.794. The van der Waals surface area contributed by atoms with Crippen molar-refractivity contribution in [1.29, 1.82) is 0 Å². The van der Waals surface area contributed by atoms with Gasteiger partial charge in [-0.15, -0.1) is 0 Å².